The van der Waals surface area contributed by atoms with Crippen LogP contribution in [0, 0.1) is 5.82 Å². The summed E-state index contributed by atoms with van der Waals surface area (Å²) in [5, 5.41) is 2.59. The highest BCUT2D eigenvalue weighted by atomic mass is 32.2. The molecule has 1 amide bonds. The molecule has 6 nitrogen and oxygen atoms in total. The topological polar surface area (TPSA) is 75.7 Å². The standard InChI is InChI=1S/C16H17FN2O4S/c1-23-15-8-6-13(7-9-15)18-16(20)11-19(24(2,21)22)14-5-3-4-12(17)10-14/h3-10H,11H2,1-2H3,(H,18,20). The lowest BCUT2D eigenvalue weighted by Gasteiger charge is -2.21. The number of ether oxygens (including phenoxy) is 1. The fourth-order valence-electron chi connectivity index (χ4n) is 2.04. The monoisotopic (exact) mass is 352 g/mol. The van der Waals surface area contributed by atoms with Gasteiger partial charge in [-0.1, -0.05) is 6.07 Å². The maximum atomic E-state index is 13.3. The largest absolute Gasteiger partial charge is 0.497 e. The van der Waals surface area contributed by atoms with E-state index in [9.17, 15) is 17.6 Å². The van der Waals surface area contributed by atoms with Crippen molar-refractivity contribution in [2.24, 2.45) is 0 Å². The van der Waals surface area contributed by atoms with Gasteiger partial charge in [0.15, 0.2) is 0 Å². The molecule has 0 heterocycles. The third-order valence-electron chi connectivity index (χ3n) is 3.16. The summed E-state index contributed by atoms with van der Waals surface area (Å²) in [7, 11) is -2.22. The van der Waals surface area contributed by atoms with Crippen LogP contribution in [0.15, 0.2) is 48.5 Å². The van der Waals surface area contributed by atoms with E-state index in [-0.39, 0.29) is 5.69 Å². The van der Waals surface area contributed by atoms with Crippen LogP contribution in [0.25, 0.3) is 0 Å². The third kappa shape index (κ3) is 4.69. The Hall–Kier alpha value is -2.61. The van der Waals surface area contributed by atoms with E-state index in [1.165, 1.54) is 25.3 Å². The normalized spacial score (nSPS) is 11.0. The van der Waals surface area contributed by atoms with Crippen LogP contribution in [-0.4, -0.2) is 34.2 Å². The van der Waals surface area contributed by atoms with Gasteiger partial charge in [-0.2, -0.15) is 0 Å². The first-order chi connectivity index (χ1) is 11.3. The number of rotatable bonds is 6. The van der Waals surface area contributed by atoms with Gasteiger partial charge >= 0.3 is 0 Å². The van der Waals surface area contributed by atoms with Crippen LogP contribution in [-0.2, 0) is 14.8 Å². The van der Waals surface area contributed by atoms with Crippen molar-refractivity contribution >= 4 is 27.3 Å². The molecule has 0 bridgehead atoms. The van der Waals surface area contributed by atoms with Crippen LogP contribution in [0.2, 0.25) is 0 Å². The van der Waals surface area contributed by atoms with E-state index in [1.54, 1.807) is 24.3 Å². The molecule has 2 rings (SSSR count). The molecule has 0 atom stereocenters. The second-order valence-electron chi connectivity index (χ2n) is 5.03. The van der Waals surface area contributed by atoms with Crippen LogP contribution in [0.4, 0.5) is 15.8 Å². The second kappa shape index (κ2) is 7.31. The number of amides is 1. The van der Waals surface area contributed by atoms with E-state index in [0.29, 0.717) is 11.4 Å². The molecule has 24 heavy (non-hydrogen) atoms. The number of halogens is 1. The lowest BCUT2D eigenvalue weighted by atomic mass is 10.3. The van der Waals surface area contributed by atoms with Gasteiger partial charge in [-0.25, -0.2) is 12.8 Å². The Kier molecular flexibility index (Phi) is 5.40. The zero-order chi connectivity index (χ0) is 17.7. The molecule has 0 aliphatic heterocycles. The molecule has 0 aliphatic carbocycles. The van der Waals surface area contributed by atoms with Crippen molar-refractivity contribution in [3.05, 3.63) is 54.3 Å². The number of carbonyl (C=O) groups is 1. The minimum atomic E-state index is -3.75. The highest BCUT2D eigenvalue weighted by molar-refractivity contribution is 7.92. The molecule has 2 aromatic rings. The van der Waals surface area contributed by atoms with Gasteiger partial charge in [-0.3, -0.25) is 9.10 Å². The van der Waals surface area contributed by atoms with Gasteiger partial charge in [0.1, 0.15) is 18.1 Å². The lowest BCUT2D eigenvalue weighted by Crippen LogP contribution is -2.37. The van der Waals surface area contributed by atoms with Crippen LogP contribution in [0.5, 0.6) is 5.75 Å². The Balaban J connectivity index is 2.15. The quantitative estimate of drug-likeness (QED) is 0.865. The van der Waals surface area contributed by atoms with Crippen LogP contribution in [0.3, 0.4) is 0 Å². The predicted octanol–water partition coefficient (Wildman–Crippen LogP) is 2.24. The van der Waals surface area contributed by atoms with Gasteiger partial charge in [-0.05, 0) is 42.5 Å². The summed E-state index contributed by atoms with van der Waals surface area (Å²) < 4.78 is 43.0. The number of methoxy groups -OCH3 is 1. The number of hydrogen-bond donors (Lipinski definition) is 1. The predicted molar refractivity (Wildman–Crippen MR) is 90.2 cm³/mol. The summed E-state index contributed by atoms with van der Waals surface area (Å²) in [4.78, 5) is 12.1. The molecule has 2 aromatic carbocycles. The third-order valence-corrected chi connectivity index (χ3v) is 4.30. The summed E-state index contributed by atoms with van der Waals surface area (Å²) in [5.41, 5.74) is 0.580. The average Bonchev–Trinajstić information content (AvgIpc) is 2.52. The Morgan fingerprint density at radius 2 is 1.88 bits per heavy atom. The first-order valence-electron chi connectivity index (χ1n) is 6.97. The Labute approximate surface area is 139 Å². The molecular weight excluding hydrogens is 335 g/mol. The Morgan fingerprint density at radius 3 is 2.42 bits per heavy atom. The minimum Gasteiger partial charge on any atom is -0.497 e. The van der Waals surface area contributed by atoms with E-state index >= 15 is 0 Å². The summed E-state index contributed by atoms with van der Waals surface area (Å²) in [6, 6.07) is 11.6. The van der Waals surface area contributed by atoms with Gasteiger partial charge in [0.2, 0.25) is 15.9 Å². The van der Waals surface area contributed by atoms with E-state index in [0.717, 1.165) is 16.6 Å². The molecule has 128 valence electrons. The van der Waals surface area contributed by atoms with Crippen molar-refractivity contribution in [1.82, 2.24) is 0 Å². The van der Waals surface area contributed by atoms with E-state index in [2.05, 4.69) is 5.32 Å². The molecule has 0 saturated heterocycles. The molecular formula is C16H17FN2O4S. The van der Waals surface area contributed by atoms with Gasteiger partial charge in [0, 0.05) is 5.69 Å². The molecule has 0 fully saturated rings. The lowest BCUT2D eigenvalue weighted by molar-refractivity contribution is -0.114. The number of anilines is 2. The highest BCUT2D eigenvalue weighted by Gasteiger charge is 2.21. The Bertz CT molecular complexity index is 822. The second-order valence-corrected chi connectivity index (χ2v) is 6.93. The molecule has 0 aromatic heterocycles. The van der Waals surface area contributed by atoms with E-state index in [1.807, 2.05) is 0 Å². The number of hydrogen-bond acceptors (Lipinski definition) is 4. The van der Waals surface area contributed by atoms with E-state index < -0.39 is 28.3 Å². The molecule has 0 saturated carbocycles. The molecule has 8 heteroatoms. The van der Waals surface area contributed by atoms with Crippen LogP contribution >= 0.6 is 0 Å². The van der Waals surface area contributed by atoms with Crippen LogP contribution < -0.4 is 14.4 Å². The van der Waals surface area contributed by atoms with Gasteiger partial charge in [0.25, 0.3) is 0 Å². The maximum absolute atomic E-state index is 13.3. The van der Waals surface area contributed by atoms with E-state index in [4.69, 9.17) is 4.74 Å². The highest BCUT2D eigenvalue weighted by Crippen LogP contribution is 2.19. The van der Waals surface area contributed by atoms with Crippen molar-refractivity contribution in [3.63, 3.8) is 0 Å². The van der Waals surface area contributed by atoms with Crippen molar-refractivity contribution in [2.75, 3.05) is 29.5 Å². The van der Waals surface area contributed by atoms with Gasteiger partial charge in [-0.15, -0.1) is 0 Å². The fourth-order valence-corrected chi connectivity index (χ4v) is 2.88. The SMILES string of the molecule is COc1ccc(NC(=O)CN(c2cccc(F)c2)S(C)(=O)=O)cc1. The summed E-state index contributed by atoms with van der Waals surface area (Å²) in [5.74, 6) is -0.503. The van der Waals surface area contributed by atoms with Crippen molar-refractivity contribution in [1.29, 1.82) is 0 Å². The molecule has 1 N–H and O–H groups in total. The fraction of sp³-hybridized carbons (Fsp3) is 0.188. The first kappa shape index (κ1) is 17.7. The van der Waals surface area contributed by atoms with Crippen LogP contribution in [0.1, 0.15) is 0 Å². The Morgan fingerprint density at radius 1 is 1.21 bits per heavy atom. The molecule has 0 radical (unpaired) electrons. The zero-order valence-corrected chi connectivity index (χ0v) is 14.0. The van der Waals surface area contributed by atoms with Gasteiger partial charge in [0.05, 0.1) is 19.1 Å². The first-order valence-corrected chi connectivity index (χ1v) is 8.81. The smallest absolute Gasteiger partial charge is 0.245 e. The summed E-state index contributed by atoms with van der Waals surface area (Å²) in [6.45, 7) is -0.464. The summed E-state index contributed by atoms with van der Waals surface area (Å²) >= 11 is 0. The number of nitrogens with one attached hydrogen (secondary N) is 1. The molecule has 0 unspecified atom stereocenters. The zero-order valence-electron chi connectivity index (χ0n) is 13.2. The van der Waals surface area contributed by atoms with Gasteiger partial charge < -0.3 is 10.1 Å². The number of benzene rings is 2. The maximum Gasteiger partial charge on any atom is 0.245 e. The van der Waals surface area contributed by atoms with Crippen molar-refractivity contribution in [3.8, 4) is 5.75 Å². The minimum absolute atomic E-state index is 0.0855. The summed E-state index contributed by atoms with van der Waals surface area (Å²) in [6.07, 6.45) is 0.957. The van der Waals surface area contributed by atoms with Crippen molar-refractivity contribution < 1.29 is 22.3 Å². The number of carbonyl (C=O) groups excluding carboxylic acids is 1. The number of nitrogens with zero attached hydrogens (tertiary/aromatic N) is 1. The molecule has 0 aliphatic rings. The molecule has 0 spiro atoms. The van der Waals surface area contributed by atoms with Crippen molar-refractivity contribution in [2.45, 2.75) is 0 Å². The number of sulfonamides is 1. The average molecular weight is 352 g/mol.